The average Bonchev–Trinajstić information content (AvgIpc) is 2.24. The molecule has 0 atom stereocenters. The minimum Gasteiger partial charge on any atom is -0.452 e. The van der Waals surface area contributed by atoms with Crippen LogP contribution < -0.4 is 5.32 Å². The van der Waals surface area contributed by atoms with Crippen LogP contribution in [0.3, 0.4) is 0 Å². The normalized spacial score (nSPS) is 10.9. The SMILES string of the molecule is CC(C)(C)NC(=O)COC(=O)c1ccccc1Br. The van der Waals surface area contributed by atoms with Crippen molar-refractivity contribution in [2.24, 2.45) is 0 Å². The summed E-state index contributed by atoms with van der Waals surface area (Å²) >= 11 is 3.25. The van der Waals surface area contributed by atoms with Gasteiger partial charge in [0.15, 0.2) is 6.61 Å². The van der Waals surface area contributed by atoms with E-state index in [4.69, 9.17) is 4.74 Å². The molecule has 1 aromatic rings. The Morgan fingerprint density at radius 1 is 1.28 bits per heavy atom. The zero-order valence-corrected chi connectivity index (χ0v) is 12.2. The summed E-state index contributed by atoms with van der Waals surface area (Å²) in [4.78, 5) is 23.2. The quantitative estimate of drug-likeness (QED) is 0.872. The standard InChI is InChI=1S/C13H16BrNO3/c1-13(2,3)15-11(16)8-18-12(17)9-6-4-5-7-10(9)14/h4-7H,8H2,1-3H3,(H,15,16). The van der Waals surface area contributed by atoms with Gasteiger partial charge in [0.05, 0.1) is 5.56 Å². The van der Waals surface area contributed by atoms with Crippen LogP contribution >= 0.6 is 15.9 Å². The van der Waals surface area contributed by atoms with Crippen LogP contribution in [0.2, 0.25) is 0 Å². The summed E-state index contributed by atoms with van der Waals surface area (Å²) < 4.78 is 5.58. The molecule has 0 fully saturated rings. The van der Waals surface area contributed by atoms with Crippen LogP contribution in [0.15, 0.2) is 28.7 Å². The first-order valence-corrected chi connectivity index (χ1v) is 6.31. The fourth-order valence-electron chi connectivity index (χ4n) is 1.29. The summed E-state index contributed by atoms with van der Waals surface area (Å²) in [7, 11) is 0. The molecule has 4 nitrogen and oxygen atoms in total. The van der Waals surface area contributed by atoms with Gasteiger partial charge in [-0.05, 0) is 48.8 Å². The zero-order chi connectivity index (χ0) is 13.8. The number of carbonyl (C=O) groups excluding carboxylic acids is 2. The van der Waals surface area contributed by atoms with Gasteiger partial charge < -0.3 is 10.1 Å². The van der Waals surface area contributed by atoms with Crippen LogP contribution in [0.1, 0.15) is 31.1 Å². The molecular weight excluding hydrogens is 298 g/mol. The molecule has 1 amide bonds. The third-order valence-corrected chi connectivity index (χ3v) is 2.63. The smallest absolute Gasteiger partial charge is 0.339 e. The Morgan fingerprint density at radius 2 is 1.89 bits per heavy atom. The lowest BCUT2D eigenvalue weighted by Crippen LogP contribution is -2.42. The van der Waals surface area contributed by atoms with E-state index in [1.807, 2.05) is 20.8 Å². The summed E-state index contributed by atoms with van der Waals surface area (Å²) in [5, 5.41) is 2.71. The Balaban J connectivity index is 2.52. The van der Waals surface area contributed by atoms with Crippen molar-refractivity contribution >= 4 is 27.8 Å². The number of hydrogen-bond donors (Lipinski definition) is 1. The van der Waals surface area contributed by atoms with Crippen molar-refractivity contribution in [3.8, 4) is 0 Å². The Kier molecular flexibility index (Phi) is 4.90. The van der Waals surface area contributed by atoms with E-state index in [9.17, 15) is 9.59 Å². The summed E-state index contributed by atoms with van der Waals surface area (Å²) in [6.07, 6.45) is 0. The van der Waals surface area contributed by atoms with E-state index in [1.165, 1.54) is 0 Å². The van der Waals surface area contributed by atoms with Crippen molar-refractivity contribution in [1.29, 1.82) is 0 Å². The molecule has 1 rings (SSSR count). The number of hydrogen-bond acceptors (Lipinski definition) is 3. The monoisotopic (exact) mass is 313 g/mol. The number of nitrogens with one attached hydrogen (secondary N) is 1. The van der Waals surface area contributed by atoms with Crippen molar-refractivity contribution < 1.29 is 14.3 Å². The predicted octanol–water partition coefficient (Wildman–Crippen LogP) is 2.52. The summed E-state index contributed by atoms with van der Waals surface area (Å²) in [5.74, 6) is -0.838. The summed E-state index contributed by atoms with van der Waals surface area (Å²) in [6.45, 7) is 5.30. The minimum absolute atomic E-state index is 0.280. The van der Waals surface area contributed by atoms with Gasteiger partial charge >= 0.3 is 5.97 Å². The molecule has 0 saturated heterocycles. The molecular formula is C13H16BrNO3. The Morgan fingerprint density at radius 3 is 2.44 bits per heavy atom. The van der Waals surface area contributed by atoms with Crippen LogP contribution in [0.25, 0.3) is 0 Å². The Labute approximate surface area is 115 Å². The highest BCUT2D eigenvalue weighted by molar-refractivity contribution is 9.10. The second-order valence-corrected chi connectivity index (χ2v) is 5.71. The third-order valence-electron chi connectivity index (χ3n) is 1.94. The lowest BCUT2D eigenvalue weighted by atomic mass is 10.1. The molecule has 0 aliphatic heterocycles. The molecule has 5 heteroatoms. The molecule has 1 N–H and O–H groups in total. The van der Waals surface area contributed by atoms with Gasteiger partial charge in [-0.1, -0.05) is 12.1 Å². The Hall–Kier alpha value is -1.36. The van der Waals surface area contributed by atoms with Crippen LogP contribution in [-0.4, -0.2) is 24.0 Å². The van der Waals surface area contributed by atoms with E-state index >= 15 is 0 Å². The van der Waals surface area contributed by atoms with Crippen molar-refractivity contribution in [1.82, 2.24) is 5.32 Å². The van der Waals surface area contributed by atoms with Crippen molar-refractivity contribution in [2.75, 3.05) is 6.61 Å². The molecule has 1 aromatic carbocycles. The van der Waals surface area contributed by atoms with E-state index in [2.05, 4.69) is 21.2 Å². The number of carbonyl (C=O) groups is 2. The number of ether oxygens (including phenoxy) is 1. The fourth-order valence-corrected chi connectivity index (χ4v) is 1.74. The van der Waals surface area contributed by atoms with E-state index in [-0.39, 0.29) is 18.1 Å². The number of amides is 1. The molecule has 0 heterocycles. The first kappa shape index (κ1) is 14.7. The Bertz CT molecular complexity index is 452. The highest BCUT2D eigenvalue weighted by Gasteiger charge is 2.16. The number of rotatable bonds is 3. The second-order valence-electron chi connectivity index (χ2n) is 4.85. The van der Waals surface area contributed by atoms with Gasteiger partial charge in [-0.2, -0.15) is 0 Å². The zero-order valence-electron chi connectivity index (χ0n) is 10.6. The van der Waals surface area contributed by atoms with Gasteiger partial charge in [0.25, 0.3) is 5.91 Å². The molecule has 98 valence electrons. The topological polar surface area (TPSA) is 55.4 Å². The maximum Gasteiger partial charge on any atom is 0.339 e. The molecule has 0 radical (unpaired) electrons. The third kappa shape index (κ3) is 4.87. The molecule has 0 spiro atoms. The number of halogens is 1. The first-order valence-electron chi connectivity index (χ1n) is 5.52. The van der Waals surface area contributed by atoms with Gasteiger partial charge in [0.2, 0.25) is 0 Å². The predicted molar refractivity (Wildman–Crippen MR) is 72.3 cm³/mol. The summed E-state index contributed by atoms with van der Waals surface area (Å²) in [6, 6.07) is 6.91. The molecule has 0 aromatic heterocycles. The minimum atomic E-state index is -0.522. The van der Waals surface area contributed by atoms with E-state index in [0.717, 1.165) is 0 Å². The molecule has 0 unspecified atom stereocenters. The van der Waals surface area contributed by atoms with E-state index in [1.54, 1.807) is 24.3 Å². The maximum absolute atomic E-state index is 11.7. The molecule has 0 aliphatic rings. The highest BCUT2D eigenvalue weighted by Crippen LogP contribution is 2.16. The van der Waals surface area contributed by atoms with E-state index < -0.39 is 5.97 Å². The van der Waals surface area contributed by atoms with Crippen molar-refractivity contribution in [3.63, 3.8) is 0 Å². The largest absolute Gasteiger partial charge is 0.452 e. The van der Waals surface area contributed by atoms with Gasteiger partial charge in [-0.25, -0.2) is 4.79 Å². The average molecular weight is 314 g/mol. The van der Waals surface area contributed by atoms with Gasteiger partial charge in [-0.15, -0.1) is 0 Å². The summed E-state index contributed by atoms with van der Waals surface area (Å²) in [5.41, 5.74) is 0.0673. The second kappa shape index (κ2) is 6.00. The molecule has 18 heavy (non-hydrogen) atoms. The molecule has 0 aliphatic carbocycles. The lowest BCUT2D eigenvalue weighted by Gasteiger charge is -2.20. The van der Waals surface area contributed by atoms with Crippen LogP contribution in [0, 0.1) is 0 Å². The van der Waals surface area contributed by atoms with Gasteiger partial charge in [0.1, 0.15) is 0 Å². The van der Waals surface area contributed by atoms with E-state index in [0.29, 0.717) is 10.0 Å². The van der Waals surface area contributed by atoms with Gasteiger partial charge in [-0.3, -0.25) is 4.79 Å². The highest BCUT2D eigenvalue weighted by atomic mass is 79.9. The maximum atomic E-state index is 11.7. The van der Waals surface area contributed by atoms with Gasteiger partial charge in [0, 0.05) is 10.0 Å². The lowest BCUT2D eigenvalue weighted by molar-refractivity contribution is -0.125. The molecule has 0 saturated carbocycles. The number of esters is 1. The van der Waals surface area contributed by atoms with Crippen LogP contribution in [0.4, 0.5) is 0 Å². The van der Waals surface area contributed by atoms with Crippen molar-refractivity contribution in [2.45, 2.75) is 26.3 Å². The molecule has 0 bridgehead atoms. The first-order chi connectivity index (χ1) is 8.29. The fraction of sp³-hybridized carbons (Fsp3) is 0.385. The van der Waals surface area contributed by atoms with Crippen LogP contribution in [-0.2, 0) is 9.53 Å². The van der Waals surface area contributed by atoms with Crippen molar-refractivity contribution in [3.05, 3.63) is 34.3 Å². The van der Waals surface area contributed by atoms with Crippen LogP contribution in [0.5, 0.6) is 0 Å². The number of benzene rings is 1.